The van der Waals surface area contributed by atoms with Crippen molar-refractivity contribution >= 4 is 6.21 Å². The minimum atomic E-state index is 0.668. The van der Waals surface area contributed by atoms with E-state index in [9.17, 15) is 0 Å². The molecule has 0 amide bonds. The van der Waals surface area contributed by atoms with Crippen molar-refractivity contribution < 1.29 is 9.94 Å². The van der Waals surface area contributed by atoms with Crippen LogP contribution >= 0.6 is 0 Å². The molecule has 1 N–H and O–H groups in total. The second-order valence-electron chi connectivity index (χ2n) is 3.69. The van der Waals surface area contributed by atoms with Gasteiger partial charge in [0.05, 0.1) is 6.21 Å². The van der Waals surface area contributed by atoms with Crippen LogP contribution in [0.5, 0.6) is 5.75 Å². The van der Waals surface area contributed by atoms with Crippen molar-refractivity contribution in [3.8, 4) is 5.75 Å². The normalized spacial score (nSPS) is 11.2. The molecule has 0 atom stereocenters. The number of likely N-dealkylation sites (N-methyl/N-ethyl adjacent to an activating group) is 1. The van der Waals surface area contributed by atoms with Gasteiger partial charge in [0.15, 0.2) is 0 Å². The molecule has 4 heteroatoms. The molecular formula is C13H20N2O2. The van der Waals surface area contributed by atoms with E-state index in [1.165, 1.54) is 6.21 Å². The third-order valence-electron chi connectivity index (χ3n) is 2.64. The van der Waals surface area contributed by atoms with Gasteiger partial charge in [0.25, 0.3) is 0 Å². The second-order valence-corrected chi connectivity index (χ2v) is 3.69. The van der Waals surface area contributed by atoms with Crippen LogP contribution in [0.25, 0.3) is 0 Å². The van der Waals surface area contributed by atoms with Crippen LogP contribution in [0.2, 0.25) is 0 Å². The van der Waals surface area contributed by atoms with Crippen LogP contribution in [0.15, 0.2) is 29.4 Å². The van der Waals surface area contributed by atoms with Crippen molar-refractivity contribution in [1.82, 2.24) is 4.90 Å². The average Bonchev–Trinajstić information content (AvgIpc) is 2.36. The molecule has 0 aliphatic rings. The summed E-state index contributed by atoms with van der Waals surface area (Å²) in [5.74, 6) is 0.801. The average molecular weight is 236 g/mol. The molecule has 0 saturated heterocycles. The largest absolute Gasteiger partial charge is 0.492 e. The molecule has 0 heterocycles. The molecule has 0 fully saturated rings. The van der Waals surface area contributed by atoms with E-state index in [1.54, 1.807) is 0 Å². The van der Waals surface area contributed by atoms with Crippen LogP contribution in [0, 0.1) is 0 Å². The fourth-order valence-electron chi connectivity index (χ4n) is 1.58. The summed E-state index contributed by atoms with van der Waals surface area (Å²) in [4.78, 5) is 2.30. The molecule has 0 aromatic heterocycles. The lowest BCUT2D eigenvalue weighted by Crippen LogP contribution is -2.27. The van der Waals surface area contributed by atoms with E-state index in [4.69, 9.17) is 9.94 Å². The zero-order valence-corrected chi connectivity index (χ0v) is 10.5. The number of hydrogen-bond acceptors (Lipinski definition) is 4. The van der Waals surface area contributed by atoms with Gasteiger partial charge >= 0.3 is 0 Å². The summed E-state index contributed by atoms with van der Waals surface area (Å²) < 4.78 is 5.64. The molecule has 17 heavy (non-hydrogen) atoms. The lowest BCUT2D eigenvalue weighted by molar-refractivity contribution is 0.223. The highest BCUT2D eigenvalue weighted by Crippen LogP contribution is 2.11. The molecule has 0 saturated carbocycles. The molecule has 94 valence electrons. The van der Waals surface area contributed by atoms with Gasteiger partial charge in [0.2, 0.25) is 0 Å². The SMILES string of the molecule is CCN(CC)CCOc1cccc(C=NO)c1. The number of nitrogens with zero attached hydrogens (tertiary/aromatic N) is 2. The minimum absolute atomic E-state index is 0.668. The van der Waals surface area contributed by atoms with Gasteiger partial charge < -0.3 is 14.8 Å². The Morgan fingerprint density at radius 2 is 2.12 bits per heavy atom. The summed E-state index contributed by atoms with van der Waals surface area (Å²) in [5, 5.41) is 11.4. The molecule has 0 spiro atoms. The van der Waals surface area contributed by atoms with Gasteiger partial charge in [0, 0.05) is 6.54 Å². The zero-order chi connectivity index (χ0) is 12.5. The summed E-state index contributed by atoms with van der Waals surface area (Å²) >= 11 is 0. The Morgan fingerprint density at radius 3 is 2.76 bits per heavy atom. The second kappa shape index (κ2) is 7.68. The first-order valence-electron chi connectivity index (χ1n) is 5.92. The Kier molecular flexibility index (Phi) is 6.10. The number of hydrogen-bond donors (Lipinski definition) is 1. The molecule has 0 bridgehead atoms. The van der Waals surface area contributed by atoms with Crippen molar-refractivity contribution in [3.63, 3.8) is 0 Å². The first-order valence-corrected chi connectivity index (χ1v) is 5.92. The third kappa shape index (κ3) is 4.87. The van der Waals surface area contributed by atoms with Crippen molar-refractivity contribution in [3.05, 3.63) is 29.8 Å². The van der Waals surface area contributed by atoms with Crippen LogP contribution in [0.1, 0.15) is 19.4 Å². The number of ether oxygens (including phenoxy) is 1. The molecule has 0 aliphatic heterocycles. The molecular weight excluding hydrogens is 216 g/mol. The molecule has 0 unspecified atom stereocenters. The van der Waals surface area contributed by atoms with Crippen LogP contribution in [-0.4, -0.2) is 42.6 Å². The quantitative estimate of drug-likeness (QED) is 0.448. The van der Waals surface area contributed by atoms with Crippen LogP contribution in [0.4, 0.5) is 0 Å². The Labute approximate surface area is 103 Å². The first kappa shape index (κ1) is 13.5. The topological polar surface area (TPSA) is 45.1 Å². The minimum Gasteiger partial charge on any atom is -0.492 e. The summed E-state index contributed by atoms with van der Waals surface area (Å²) in [6, 6.07) is 7.49. The lowest BCUT2D eigenvalue weighted by Gasteiger charge is -2.18. The van der Waals surface area contributed by atoms with Gasteiger partial charge in [-0.3, -0.25) is 0 Å². The van der Waals surface area contributed by atoms with E-state index in [0.717, 1.165) is 30.9 Å². The standard InChI is InChI=1S/C13H20N2O2/c1-3-15(4-2)8-9-17-13-7-5-6-12(10-13)11-14-16/h5-7,10-11,16H,3-4,8-9H2,1-2H3. The molecule has 4 nitrogen and oxygen atoms in total. The maximum absolute atomic E-state index is 8.45. The van der Waals surface area contributed by atoms with Gasteiger partial charge in [0.1, 0.15) is 12.4 Å². The lowest BCUT2D eigenvalue weighted by atomic mass is 10.2. The van der Waals surface area contributed by atoms with E-state index >= 15 is 0 Å². The van der Waals surface area contributed by atoms with E-state index in [1.807, 2.05) is 24.3 Å². The van der Waals surface area contributed by atoms with Crippen LogP contribution in [0.3, 0.4) is 0 Å². The van der Waals surface area contributed by atoms with E-state index in [2.05, 4.69) is 23.9 Å². The summed E-state index contributed by atoms with van der Waals surface area (Å²) in [7, 11) is 0. The number of rotatable bonds is 7. The fourth-order valence-corrected chi connectivity index (χ4v) is 1.58. The smallest absolute Gasteiger partial charge is 0.120 e. The van der Waals surface area contributed by atoms with Gasteiger partial charge in [-0.2, -0.15) is 0 Å². The van der Waals surface area contributed by atoms with Crippen LogP contribution in [-0.2, 0) is 0 Å². The Bertz CT molecular complexity index is 349. The summed E-state index contributed by atoms with van der Waals surface area (Å²) in [6.45, 7) is 7.95. The van der Waals surface area contributed by atoms with Gasteiger partial charge in [-0.05, 0) is 30.8 Å². The molecule has 0 radical (unpaired) electrons. The zero-order valence-electron chi connectivity index (χ0n) is 10.5. The summed E-state index contributed by atoms with van der Waals surface area (Å²) in [6.07, 6.45) is 1.39. The van der Waals surface area contributed by atoms with Crippen LogP contribution < -0.4 is 4.74 Å². The number of benzene rings is 1. The van der Waals surface area contributed by atoms with E-state index < -0.39 is 0 Å². The van der Waals surface area contributed by atoms with Crippen molar-refractivity contribution in [2.45, 2.75) is 13.8 Å². The highest BCUT2D eigenvalue weighted by Gasteiger charge is 2.00. The van der Waals surface area contributed by atoms with Crippen molar-refractivity contribution in [2.24, 2.45) is 5.16 Å². The predicted molar refractivity (Wildman–Crippen MR) is 69.1 cm³/mol. The summed E-state index contributed by atoms with van der Waals surface area (Å²) in [5.41, 5.74) is 0.827. The van der Waals surface area contributed by atoms with Gasteiger partial charge in [-0.25, -0.2) is 0 Å². The number of oxime groups is 1. The highest BCUT2D eigenvalue weighted by atomic mass is 16.5. The maximum Gasteiger partial charge on any atom is 0.120 e. The Hall–Kier alpha value is -1.55. The Balaban J connectivity index is 2.43. The molecule has 1 aromatic rings. The van der Waals surface area contributed by atoms with Crippen molar-refractivity contribution in [1.29, 1.82) is 0 Å². The monoisotopic (exact) mass is 236 g/mol. The highest BCUT2D eigenvalue weighted by molar-refractivity contribution is 5.79. The fraction of sp³-hybridized carbons (Fsp3) is 0.462. The molecule has 1 rings (SSSR count). The third-order valence-corrected chi connectivity index (χ3v) is 2.64. The maximum atomic E-state index is 8.45. The van der Waals surface area contributed by atoms with Gasteiger partial charge in [-0.1, -0.05) is 31.1 Å². The van der Waals surface area contributed by atoms with Gasteiger partial charge in [-0.15, -0.1) is 0 Å². The predicted octanol–water partition coefficient (Wildman–Crippen LogP) is 2.22. The molecule has 1 aromatic carbocycles. The van der Waals surface area contributed by atoms with E-state index in [-0.39, 0.29) is 0 Å². The molecule has 0 aliphatic carbocycles. The Morgan fingerprint density at radius 1 is 1.35 bits per heavy atom. The first-order chi connectivity index (χ1) is 8.30. The van der Waals surface area contributed by atoms with Crippen molar-refractivity contribution in [2.75, 3.05) is 26.2 Å². The van der Waals surface area contributed by atoms with E-state index in [0.29, 0.717) is 6.61 Å².